The molecule has 0 saturated carbocycles. The lowest BCUT2D eigenvalue weighted by Gasteiger charge is -2.31. The van der Waals surface area contributed by atoms with Crippen LogP contribution in [-0.4, -0.2) is 23.6 Å². The average molecular weight is 254 g/mol. The van der Waals surface area contributed by atoms with E-state index in [2.05, 4.69) is 31.0 Å². The van der Waals surface area contributed by atoms with E-state index in [-0.39, 0.29) is 12.0 Å². The molecule has 0 aromatic carbocycles. The van der Waals surface area contributed by atoms with Gasteiger partial charge in [-0.1, -0.05) is 40.5 Å². The molecule has 0 aliphatic heterocycles. The van der Waals surface area contributed by atoms with E-state index in [4.69, 9.17) is 0 Å². The third kappa shape index (κ3) is 5.76. The molecule has 3 heteroatoms. The molecule has 0 saturated heterocycles. The van der Waals surface area contributed by atoms with Crippen molar-refractivity contribution in [1.29, 1.82) is 0 Å². The zero-order chi connectivity index (χ0) is 14.0. The second-order valence-electron chi connectivity index (χ2n) is 5.03. The number of aliphatic hydroxyl groups is 1. The Kier molecular flexibility index (Phi) is 9.85. The maximum Gasteiger partial charge on any atom is 0.0618 e. The van der Waals surface area contributed by atoms with Crippen LogP contribution in [0.15, 0.2) is 10.2 Å². The molecule has 0 aromatic rings. The first-order chi connectivity index (χ1) is 8.62. The topological polar surface area (TPSA) is 45.0 Å². The summed E-state index contributed by atoms with van der Waals surface area (Å²) < 4.78 is 0. The predicted octanol–water partition coefficient (Wildman–Crippen LogP) is 3.91. The largest absolute Gasteiger partial charge is 0.392 e. The summed E-state index contributed by atoms with van der Waals surface area (Å²) in [6.45, 7) is 10.6. The van der Waals surface area contributed by atoms with E-state index in [1.165, 1.54) is 0 Å². The third-order valence-electron chi connectivity index (χ3n) is 3.77. The monoisotopic (exact) mass is 254 g/mol. The number of rotatable bonds is 9. The van der Waals surface area contributed by atoms with E-state index in [9.17, 15) is 5.11 Å². The van der Waals surface area contributed by atoms with Crippen LogP contribution < -0.4 is 0 Å². The van der Waals surface area contributed by atoms with Crippen molar-refractivity contribution in [2.75, 3.05) is 0 Å². The Labute approximate surface area is 112 Å². The highest BCUT2D eigenvalue weighted by molar-refractivity contribution is 5.63. The predicted molar refractivity (Wildman–Crippen MR) is 80.3 cm³/mol. The summed E-state index contributed by atoms with van der Waals surface area (Å²) >= 11 is 0. The van der Waals surface area contributed by atoms with Gasteiger partial charge in [0.2, 0.25) is 0 Å². The molecule has 0 aliphatic rings. The smallest absolute Gasteiger partial charge is 0.0618 e. The minimum absolute atomic E-state index is 0.119. The number of nitrogens with zero attached hydrogens (tertiary/aromatic N) is 2. The number of hydrogen-bond acceptors (Lipinski definition) is 3. The zero-order valence-electron chi connectivity index (χ0n) is 12.6. The van der Waals surface area contributed by atoms with Gasteiger partial charge in [-0.2, -0.15) is 10.2 Å². The van der Waals surface area contributed by atoms with Crippen LogP contribution in [0.5, 0.6) is 0 Å². The number of aliphatic hydroxyl groups excluding tert-OH is 1. The molecule has 18 heavy (non-hydrogen) atoms. The first-order valence-corrected chi connectivity index (χ1v) is 7.31. The van der Waals surface area contributed by atoms with Crippen molar-refractivity contribution in [1.82, 2.24) is 0 Å². The summed E-state index contributed by atoms with van der Waals surface area (Å²) in [5.74, 6) is 1.22. The fourth-order valence-corrected chi connectivity index (χ4v) is 2.44. The van der Waals surface area contributed by atoms with Crippen molar-refractivity contribution in [3.63, 3.8) is 0 Å². The SMILES string of the molecule is CC=NN=CC(C(O)CC)C(CCC)C(C)CC. The van der Waals surface area contributed by atoms with E-state index < -0.39 is 0 Å². The third-order valence-corrected chi connectivity index (χ3v) is 3.77. The van der Waals surface area contributed by atoms with Gasteiger partial charge in [-0.25, -0.2) is 0 Å². The summed E-state index contributed by atoms with van der Waals surface area (Å²) in [6.07, 6.45) is 7.40. The Morgan fingerprint density at radius 2 is 1.78 bits per heavy atom. The Bertz CT molecular complexity index is 251. The van der Waals surface area contributed by atoms with E-state index in [1.807, 2.05) is 20.1 Å². The molecule has 4 unspecified atom stereocenters. The minimum atomic E-state index is -0.314. The highest BCUT2D eigenvalue weighted by Crippen LogP contribution is 2.30. The van der Waals surface area contributed by atoms with Crippen LogP contribution in [0.4, 0.5) is 0 Å². The molecule has 0 spiro atoms. The molecule has 0 fully saturated rings. The molecule has 0 rings (SSSR count). The lowest BCUT2D eigenvalue weighted by atomic mass is 9.76. The summed E-state index contributed by atoms with van der Waals surface area (Å²) in [5.41, 5.74) is 0. The van der Waals surface area contributed by atoms with Crippen LogP contribution in [0, 0.1) is 17.8 Å². The molecular weight excluding hydrogens is 224 g/mol. The Balaban J connectivity index is 4.96. The molecule has 0 bridgehead atoms. The summed E-state index contributed by atoms with van der Waals surface area (Å²) in [7, 11) is 0. The maximum atomic E-state index is 10.2. The van der Waals surface area contributed by atoms with Gasteiger partial charge in [-0.05, 0) is 31.6 Å². The Morgan fingerprint density at radius 1 is 1.11 bits per heavy atom. The van der Waals surface area contributed by atoms with Crippen molar-refractivity contribution < 1.29 is 5.11 Å². The van der Waals surface area contributed by atoms with E-state index in [0.717, 1.165) is 25.7 Å². The molecule has 106 valence electrons. The van der Waals surface area contributed by atoms with E-state index >= 15 is 0 Å². The van der Waals surface area contributed by atoms with Gasteiger partial charge in [0, 0.05) is 18.3 Å². The van der Waals surface area contributed by atoms with Crippen molar-refractivity contribution in [2.24, 2.45) is 28.0 Å². The Hall–Kier alpha value is -0.700. The standard InChI is InChI=1S/C15H30N2O/c1-6-10-13(12(5)7-2)14(15(18)8-3)11-17-16-9-4/h9,11-15,18H,6-8,10H2,1-5H3. The highest BCUT2D eigenvalue weighted by atomic mass is 16.3. The average Bonchev–Trinajstić information content (AvgIpc) is 2.40. The number of hydrogen-bond donors (Lipinski definition) is 1. The van der Waals surface area contributed by atoms with Gasteiger partial charge in [0.15, 0.2) is 0 Å². The molecule has 0 heterocycles. The quantitative estimate of drug-likeness (QED) is 0.492. The highest BCUT2D eigenvalue weighted by Gasteiger charge is 2.28. The molecule has 0 aromatic heterocycles. The van der Waals surface area contributed by atoms with E-state index in [1.54, 1.807) is 6.21 Å². The lowest BCUT2D eigenvalue weighted by Crippen LogP contribution is -2.32. The molecule has 0 radical (unpaired) electrons. The lowest BCUT2D eigenvalue weighted by molar-refractivity contribution is 0.0845. The normalized spacial score (nSPS) is 19.2. The van der Waals surface area contributed by atoms with Gasteiger partial charge in [0.05, 0.1) is 6.10 Å². The van der Waals surface area contributed by atoms with Crippen LogP contribution in [0.25, 0.3) is 0 Å². The summed E-state index contributed by atoms with van der Waals surface area (Å²) in [4.78, 5) is 0. The van der Waals surface area contributed by atoms with Crippen molar-refractivity contribution in [2.45, 2.75) is 66.4 Å². The summed E-state index contributed by atoms with van der Waals surface area (Å²) in [5, 5.41) is 18.2. The first kappa shape index (κ1) is 17.3. The van der Waals surface area contributed by atoms with Crippen molar-refractivity contribution in [3.05, 3.63) is 0 Å². The van der Waals surface area contributed by atoms with Crippen LogP contribution in [0.2, 0.25) is 0 Å². The maximum absolute atomic E-state index is 10.2. The van der Waals surface area contributed by atoms with Crippen molar-refractivity contribution in [3.8, 4) is 0 Å². The molecular formula is C15H30N2O. The van der Waals surface area contributed by atoms with E-state index in [0.29, 0.717) is 11.8 Å². The zero-order valence-corrected chi connectivity index (χ0v) is 12.6. The molecule has 4 atom stereocenters. The second-order valence-corrected chi connectivity index (χ2v) is 5.03. The van der Waals surface area contributed by atoms with Gasteiger partial charge in [-0.15, -0.1) is 0 Å². The van der Waals surface area contributed by atoms with Gasteiger partial charge in [-0.3, -0.25) is 0 Å². The van der Waals surface area contributed by atoms with Gasteiger partial charge < -0.3 is 5.11 Å². The van der Waals surface area contributed by atoms with Gasteiger partial charge in [0.25, 0.3) is 0 Å². The fraction of sp³-hybridized carbons (Fsp3) is 0.867. The van der Waals surface area contributed by atoms with Crippen LogP contribution in [0.3, 0.4) is 0 Å². The van der Waals surface area contributed by atoms with Crippen LogP contribution in [0.1, 0.15) is 60.3 Å². The second kappa shape index (κ2) is 10.2. The fourth-order valence-electron chi connectivity index (χ4n) is 2.44. The van der Waals surface area contributed by atoms with Crippen LogP contribution in [-0.2, 0) is 0 Å². The molecule has 3 nitrogen and oxygen atoms in total. The Morgan fingerprint density at radius 3 is 2.22 bits per heavy atom. The molecule has 0 amide bonds. The summed E-state index contributed by atoms with van der Waals surface area (Å²) in [6, 6.07) is 0. The van der Waals surface area contributed by atoms with Crippen LogP contribution >= 0.6 is 0 Å². The van der Waals surface area contributed by atoms with Gasteiger partial charge >= 0.3 is 0 Å². The molecule has 1 N–H and O–H groups in total. The van der Waals surface area contributed by atoms with Crippen molar-refractivity contribution >= 4 is 12.4 Å². The minimum Gasteiger partial charge on any atom is -0.392 e. The van der Waals surface area contributed by atoms with Gasteiger partial charge in [0.1, 0.15) is 0 Å². The first-order valence-electron chi connectivity index (χ1n) is 7.31. The molecule has 0 aliphatic carbocycles.